The van der Waals surface area contributed by atoms with Gasteiger partial charge in [-0.2, -0.15) is 0 Å². The highest BCUT2D eigenvalue weighted by atomic mass is 16.2. The van der Waals surface area contributed by atoms with Crippen molar-refractivity contribution in [3.05, 3.63) is 54.4 Å². The summed E-state index contributed by atoms with van der Waals surface area (Å²) in [6.07, 6.45) is 9.29. The monoisotopic (exact) mass is 434 g/mol. The third-order valence-corrected chi connectivity index (χ3v) is 6.06. The minimum absolute atomic E-state index is 0.0303. The molecule has 2 amide bonds. The summed E-state index contributed by atoms with van der Waals surface area (Å²) in [4.78, 5) is 32.8. The van der Waals surface area contributed by atoms with Crippen LogP contribution in [0.3, 0.4) is 0 Å². The number of amides is 2. The third-order valence-electron chi connectivity index (χ3n) is 6.06. The molecule has 1 N–H and O–H groups in total. The molecule has 1 aliphatic carbocycles. The van der Waals surface area contributed by atoms with Crippen molar-refractivity contribution in [2.75, 3.05) is 6.54 Å². The Kier molecular flexibility index (Phi) is 7.09. The van der Waals surface area contributed by atoms with E-state index in [1.54, 1.807) is 22.0 Å². The van der Waals surface area contributed by atoms with Crippen molar-refractivity contribution in [3.63, 3.8) is 0 Å². The van der Waals surface area contributed by atoms with Gasteiger partial charge in [-0.15, -0.1) is 5.10 Å². The van der Waals surface area contributed by atoms with Crippen molar-refractivity contribution in [3.8, 4) is 0 Å². The summed E-state index contributed by atoms with van der Waals surface area (Å²) in [5.74, 6) is -0.284. The second-order valence-corrected chi connectivity index (χ2v) is 8.35. The maximum absolute atomic E-state index is 13.6. The fourth-order valence-electron chi connectivity index (χ4n) is 4.35. The first-order chi connectivity index (χ1) is 15.7. The molecule has 3 aromatic rings. The van der Waals surface area contributed by atoms with Gasteiger partial charge in [0, 0.05) is 25.0 Å². The van der Waals surface area contributed by atoms with Crippen molar-refractivity contribution in [1.29, 1.82) is 0 Å². The summed E-state index contributed by atoms with van der Waals surface area (Å²) in [6.45, 7) is 2.60. The zero-order valence-corrected chi connectivity index (χ0v) is 18.5. The molecule has 0 aliphatic heterocycles. The highest BCUT2D eigenvalue weighted by molar-refractivity contribution is 5.89. The topological polar surface area (TPSA) is 93.0 Å². The molecule has 1 atom stereocenters. The highest BCUT2D eigenvalue weighted by Crippen LogP contribution is 2.25. The van der Waals surface area contributed by atoms with Crippen LogP contribution in [-0.2, 0) is 16.1 Å². The number of nitrogens with zero attached hydrogens (tertiary/aromatic N) is 5. The Morgan fingerprint density at radius 1 is 1.16 bits per heavy atom. The molecule has 168 valence electrons. The maximum atomic E-state index is 13.6. The molecule has 8 heteroatoms. The van der Waals surface area contributed by atoms with Gasteiger partial charge >= 0.3 is 0 Å². The van der Waals surface area contributed by atoms with Crippen molar-refractivity contribution in [1.82, 2.24) is 30.2 Å². The van der Waals surface area contributed by atoms with Gasteiger partial charge in [0.1, 0.15) is 18.1 Å². The van der Waals surface area contributed by atoms with Crippen molar-refractivity contribution < 1.29 is 9.59 Å². The minimum atomic E-state index is -0.701. The minimum Gasteiger partial charge on any atom is -0.351 e. The Morgan fingerprint density at radius 3 is 2.66 bits per heavy atom. The summed E-state index contributed by atoms with van der Waals surface area (Å²) in [6, 6.07) is 10.7. The number of nitrogens with one attached hydrogen (secondary N) is 1. The smallest absolute Gasteiger partial charge is 0.247 e. The van der Waals surface area contributed by atoms with Crippen LogP contribution in [0, 0.1) is 0 Å². The van der Waals surface area contributed by atoms with Crippen LogP contribution in [0.25, 0.3) is 11.0 Å². The summed E-state index contributed by atoms with van der Waals surface area (Å²) in [7, 11) is 0. The number of hydrogen-bond donors (Lipinski definition) is 1. The lowest BCUT2D eigenvalue weighted by Crippen LogP contribution is -2.47. The summed E-state index contributed by atoms with van der Waals surface area (Å²) in [5.41, 5.74) is 2.31. The van der Waals surface area contributed by atoms with Crippen LogP contribution in [0.15, 0.2) is 48.8 Å². The number of carbonyl (C=O) groups excluding carboxylic acids is 2. The standard InChI is InChI=1S/C24H30N6O2/c1-2-3-16-29(22(31)17-30-21-11-7-6-10-20(21)27-28-30)23(18-12-14-25-15-13-18)24(32)26-19-8-4-5-9-19/h6-7,10-15,19,23H,2-5,8-9,16-17H2,1H3,(H,26,32)/t23-/m0/s1. The number of hydrogen-bond acceptors (Lipinski definition) is 5. The van der Waals surface area contributed by atoms with Crippen LogP contribution in [0.1, 0.15) is 57.1 Å². The van der Waals surface area contributed by atoms with Crippen molar-refractivity contribution in [2.45, 2.75) is 64.1 Å². The van der Waals surface area contributed by atoms with E-state index in [4.69, 9.17) is 0 Å². The molecule has 2 heterocycles. The van der Waals surface area contributed by atoms with E-state index in [1.807, 2.05) is 36.4 Å². The van der Waals surface area contributed by atoms with Gasteiger partial charge < -0.3 is 10.2 Å². The molecule has 8 nitrogen and oxygen atoms in total. The number of unbranched alkanes of at least 4 members (excludes halogenated alkanes) is 1. The maximum Gasteiger partial charge on any atom is 0.247 e. The van der Waals surface area contributed by atoms with Crippen molar-refractivity contribution >= 4 is 22.8 Å². The Morgan fingerprint density at radius 2 is 1.91 bits per heavy atom. The first-order valence-corrected chi connectivity index (χ1v) is 11.5. The van der Waals surface area contributed by atoms with Crippen LogP contribution >= 0.6 is 0 Å². The van der Waals surface area contributed by atoms with E-state index in [0.717, 1.165) is 55.1 Å². The number of pyridine rings is 1. The van der Waals surface area contributed by atoms with E-state index in [9.17, 15) is 9.59 Å². The Bertz CT molecular complexity index is 1040. The second-order valence-electron chi connectivity index (χ2n) is 8.35. The van der Waals surface area contributed by atoms with Gasteiger partial charge in [-0.1, -0.05) is 43.5 Å². The van der Waals surface area contributed by atoms with E-state index in [0.29, 0.717) is 6.54 Å². The molecular formula is C24H30N6O2. The number of benzene rings is 1. The molecule has 0 saturated heterocycles. The fourth-order valence-corrected chi connectivity index (χ4v) is 4.35. The largest absolute Gasteiger partial charge is 0.351 e. The summed E-state index contributed by atoms with van der Waals surface area (Å²) in [5, 5.41) is 11.5. The van der Waals surface area contributed by atoms with Crippen LogP contribution in [0.4, 0.5) is 0 Å². The lowest BCUT2D eigenvalue weighted by molar-refractivity contribution is -0.141. The zero-order valence-electron chi connectivity index (χ0n) is 18.5. The van der Waals surface area contributed by atoms with Crippen LogP contribution in [-0.4, -0.2) is 49.3 Å². The number of aromatic nitrogens is 4. The average molecular weight is 435 g/mol. The molecule has 1 aliphatic rings. The summed E-state index contributed by atoms with van der Waals surface area (Å²) >= 11 is 0. The van der Waals surface area contributed by atoms with Gasteiger partial charge in [0.15, 0.2) is 0 Å². The molecule has 0 unspecified atom stereocenters. The van der Waals surface area contributed by atoms with Crippen LogP contribution in [0.2, 0.25) is 0 Å². The number of fused-ring (bicyclic) bond motifs is 1. The molecule has 2 aromatic heterocycles. The lowest BCUT2D eigenvalue weighted by Gasteiger charge is -2.32. The van der Waals surface area contributed by atoms with Gasteiger partial charge in [0.25, 0.3) is 0 Å². The Hall–Kier alpha value is -3.29. The number of carbonyl (C=O) groups is 2. The zero-order chi connectivity index (χ0) is 22.3. The Labute approximate surface area is 188 Å². The predicted molar refractivity (Wildman–Crippen MR) is 122 cm³/mol. The fraction of sp³-hybridized carbons (Fsp3) is 0.458. The van der Waals surface area contributed by atoms with E-state index < -0.39 is 6.04 Å². The molecule has 0 radical (unpaired) electrons. The van der Waals surface area contributed by atoms with E-state index >= 15 is 0 Å². The number of rotatable bonds is 9. The van der Waals surface area contributed by atoms with Gasteiger partial charge in [-0.25, -0.2) is 4.68 Å². The van der Waals surface area contributed by atoms with E-state index in [-0.39, 0.29) is 24.4 Å². The van der Waals surface area contributed by atoms with Gasteiger partial charge in [-0.05, 0) is 49.1 Å². The molecular weight excluding hydrogens is 404 g/mol. The van der Waals surface area contributed by atoms with Gasteiger partial charge in [0.05, 0.1) is 5.52 Å². The first-order valence-electron chi connectivity index (χ1n) is 11.5. The molecule has 1 fully saturated rings. The molecule has 1 aromatic carbocycles. The SMILES string of the molecule is CCCCN(C(=O)Cn1nnc2ccccc21)[C@H](C(=O)NC1CCCC1)c1ccncc1. The number of para-hydroxylation sites is 1. The predicted octanol–water partition coefficient (Wildman–Crippen LogP) is 3.26. The van der Waals surface area contributed by atoms with Gasteiger partial charge in [-0.3, -0.25) is 14.6 Å². The Balaban J connectivity index is 1.63. The molecule has 4 rings (SSSR count). The van der Waals surface area contributed by atoms with Crippen LogP contribution in [0.5, 0.6) is 0 Å². The average Bonchev–Trinajstić information content (AvgIpc) is 3.47. The summed E-state index contributed by atoms with van der Waals surface area (Å²) < 4.78 is 1.61. The molecule has 1 saturated carbocycles. The first kappa shape index (κ1) is 21.9. The quantitative estimate of drug-likeness (QED) is 0.558. The normalized spacial score (nSPS) is 15.0. The van der Waals surface area contributed by atoms with Crippen molar-refractivity contribution in [2.24, 2.45) is 0 Å². The van der Waals surface area contributed by atoms with E-state index in [1.165, 1.54) is 0 Å². The van der Waals surface area contributed by atoms with E-state index in [2.05, 4.69) is 27.5 Å². The third kappa shape index (κ3) is 4.95. The van der Waals surface area contributed by atoms with Gasteiger partial charge in [0.2, 0.25) is 11.8 Å². The molecule has 0 spiro atoms. The lowest BCUT2D eigenvalue weighted by atomic mass is 10.0. The second kappa shape index (κ2) is 10.3. The molecule has 32 heavy (non-hydrogen) atoms. The molecule has 0 bridgehead atoms. The van der Waals surface area contributed by atoms with Crippen LogP contribution < -0.4 is 5.32 Å². The highest BCUT2D eigenvalue weighted by Gasteiger charge is 2.33.